The second kappa shape index (κ2) is 7.73. The smallest absolute Gasteiger partial charge is 0.220 e. The van der Waals surface area contributed by atoms with Crippen molar-refractivity contribution in [1.29, 1.82) is 0 Å². The lowest BCUT2D eigenvalue weighted by Crippen LogP contribution is -2.38. The maximum Gasteiger partial charge on any atom is 0.220 e. The van der Waals surface area contributed by atoms with Crippen molar-refractivity contribution >= 4 is 11.7 Å². The summed E-state index contributed by atoms with van der Waals surface area (Å²) in [7, 11) is 0. The van der Waals surface area contributed by atoms with E-state index >= 15 is 0 Å². The summed E-state index contributed by atoms with van der Waals surface area (Å²) >= 11 is 0. The zero-order valence-corrected chi connectivity index (χ0v) is 13.6. The van der Waals surface area contributed by atoms with Crippen LogP contribution in [0.5, 0.6) is 0 Å². The van der Waals surface area contributed by atoms with Crippen LogP contribution in [-0.2, 0) is 11.4 Å². The molecule has 0 atom stereocenters. The molecule has 1 aliphatic carbocycles. The van der Waals surface area contributed by atoms with E-state index in [9.17, 15) is 4.79 Å². The first kappa shape index (κ1) is 16.2. The van der Waals surface area contributed by atoms with Crippen LogP contribution in [0.3, 0.4) is 0 Å². The normalized spacial score (nSPS) is 20.0. The summed E-state index contributed by atoms with van der Waals surface area (Å²) in [6.45, 7) is 1.74. The van der Waals surface area contributed by atoms with Crippen molar-refractivity contribution < 1.29 is 9.90 Å². The first-order valence-corrected chi connectivity index (χ1v) is 8.70. The van der Waals surface area contributed by atoms with Crippen LogP contribution < -0.4 is 10.2 Å². The van der Waals surface area contributed by atoms with Crippen LogP contribution in [0.1, 0.15) is 50.6 Å². The fraction of sp³-hybridized carbons (Fsp3) is 0.706. The van der Waals surface area contributed by atoms with Crippen LogP contribution in [-0.4, -0.2) is 40.1 Å². The number of hydrogen-bond donors (Lipinski definition) is 2. The van der Waals surface area contributed by atoms with Crippen molar-refractivity contribution in [2.24, 2.45) is 5.92 Å². The Labute approximate surface area is 137 Å². The zero-order chi connectivity index (χ0) is 16.1. The number of amides is 1. The van der Waals surface area contributed by atoms with E-state index in [1.165, 1.54) is 12.8 Å². The lowest BCUT2D eigenvalue weighted by molar-refractivity contribution is -0.122. The number of aromatic nitrogens is 2. The molecule has 1 saturated heterocycles. The van der Waals surface area contributed by atoms with E-state index < -0.39 is 0 Å². The third-order valence-electron chi connectivity index (χ3n) is 4.99. The van der Waals surface area contributed by atoms with Gasteiger partial charge in [-0.1, -0.05) is 12.8 Å². The maximum atomic E-state index is 12.1. The van der Waals surface area contributed by atoms with Gasteiger partial charge in [0.05, 0.1) is 24.7 Å². The summed E-state index contributed by atoms with van der Waals surface area (Å²) in [4.78, 5) is 22.9. The second-order valence-corrected chi connectivity index (χ2v) is 6.71. The Balaban J connectivity index is 1.43. The SMILES string of the molecule is O=C(CC1CCN(c2cnc(CO)cn2)CC1)NC1CCCC1. The van der Waals surface area contributed by atoms with Crippen molar-refractivity contribution in [3.05, 3.63) is 18.1 Å². The van der Waals surface area contributed by atoms with Crippen molar-refractivity contribution in [1.82, 2.24) is 15.3 Å². The highest BCUT2D eigenvalue weighted by Crippen LogP contribution is 2.24. The van der Waals surface area contributed by atoms with E-state index in [0.29, 0.717) is 24.1 Å². The Hall–Kier alpha value is -1.69. The molecule has 0 bridgehead atoms. The van der Waals surface area contributed by atoms with Gasteiger partial charge in [0.15, 0.2) is 0 Å². The number of piperidine rings is 1. The van der Waals surface area contributed by atoms with Gasteiger partial charge in [-0.15, -0.1) is 0 Å². The molecule has 1 saturated carbocycles. The molecule has 1 amide bonds. The van der Waals surface area contributed by atoms with E-state index in [-0.39, 0.29) is 12.5 Å². The van der Waals surface area contributed by atoms with Crippen LogP contribution >= 0.6 is 0 Å². The lowest BCUT2D eigenvalue weighted by atomic mass is 9.93. The third kappa shape index (κ3) is 4.41. The average Bonchev–Trinajstić information content (AvgIpc) is 3.08. The topological polar surface area (TPSA) is 78.4 Å². The minimum atomic E-state index is -0.0779. The standard InChI is InChI=1S/C17H26N4O2/c22-12-15-10-19-16(11-18-15)21-7-5-13(6-8-21)9-17(23)20-14-3-1-2-4-14/h10-11,13-14,22H,1-9,12H2,(H,20,23). The molecule has 2 heterocycles. The number of aliphatic hydroxyl groups is 1. The number of carbonyl (C=O) groups excluding carboxylic acids is 1. The Bertz CT molecular complexity index is 506. The molecular weight excluding hydrogens is 292 g/mol. The first-order valence-electron chi connectivity index (χ1n) is 8.70. The molecule has 0 aromatic carbocycles. The number of anilines is 1. The predicted molar refractivity (Wildman–Crippen MR) is 87.9 cm³/mol. The van der Waals surface area contributed by atoms with Crippen LogP contribution in [0.4, 0.5) is 5.82 Å². The molecule has 6 heteroatoms. The molecule has 0 radical (unpaired) electrons. The Morgan fingerprint density at radius 3 is 2.52 bits per heavy atom. The van der Waals surface area contributed by atoms with Crippen molar-refractivity contribution in [2.45, 2.75) is 57.6 Å². The maximum absolute atomic E-state index is 12.1. The molecule has 2 N–H and O–H groups in total. The summed E-state index contributed by atoms with van der Waals surface area (Å²) in [5.41, 5.74) is 0.590. The predicted octanol–water partition coefficient (Wildman–Crippen LogP) is 1.63. The number of aliphatic hydroxyl groups excluding tert-OH is 1. The van der Waals surface area contributed by atoms with Crippen LogP contribution in [0.15, 0.2) is 12.4 Å². The molecule has 3 rings (SSSR count). The Morgan fingerprint density at radius 2 is 1.91 bits per heavy atom. The molecule has 2 aliphatic rings. The highest BCUT2D eigenvalue weighted by atomic mass is 16.3. The van der Waals surface area contributed by atoms with E-state index in [1.807, 2.05) is 0 Å². The zero-order valence-electron chi connectivity index (χ0n) is 13.6. The highest BCUT2D eigenvalue weighted by Gasteiger charge is 2.24. The van der Waals surface area contributed by atoms with Gasteiger partial charge in [0.2, 0.25) is 5.91 Å². The molecule has 1 aromatic rings. The molecule has 1 aliphatic heterocycles. The number of nitrogens with one attached hydrogen (secondary N) is 1. The second-order valence-electron chi connectivity index (χ2n) is 6.71. The largest absolute Gasteiger partial charge is 0.390 e. The van der Waals surface area contributed by atoms with Gasteiger partial charge in [0.25, 0.3) is 0 Å². The summed E-state index contributed by atoms with van der Waals surface area (Å²) in [5.74, 6) is 1.55. The average molecular weight is 318 g/mol. The van der Waals surface area contributed by atoms with Gasteiger partial charge in [-0.25, -0.2) is 4.98 Å². The summed E-state index contributed by atoms with van der Waals surface area (Å²) in [6, 6.07) is 0.419. The molecular formula is C17H26N4O2. The number of rotatable bonds is 5. The molecule has 6 nitrogen and oxygen atoms in total. The number of carbonyl (C=O) groups is 1. The van der Waals surface area contributed by atoms with E-state index in [0.717, 1.165) is 44.6 Å². The van der Waals surface area contributed by atoms with Crippen LogP contribution in [0.2, 0.25) is 0 Å². The molecule has 2 fully saturated rings. The monoisotopic (exact) mass is 318 g/mol. The Kier molecular flexibility index (Phi) is 5.43. The lowest BCUT2D eigenvalue weighted by Gasteiger charge is -2.32. The van der Waals surface area contributed by atoms with Gasteiger partial charge >= 0.3 is 0 Å². The van der Waals surface area contributed by atoms with Gasteiger partial charge < -0.3 is 15.3 Å². The van der Waals surface area contributed by atoms with Gasteiger partial charge in [-0.05, 0) is 31.6 Å². The summed E-state index contributed by atoms with van der Waals surface area (Å²) in [6.07, 6.45) is 10.8. The highest BCUT2D eigenvalue weighted by molar-refractivity contribution is 5.76. The Morgan fingerprint density at radius 1 is 1.17 bits per heavy atom. The van der Waals surface area contributed by atoms with Gasteiger partial charge in [0, 0.05) is 25.6 Å². The molecule has 23 heavy (non-hydrogen) atoms. The van der Waals surface area contributed by atoms with Crippen molar-refractivity contribution in [3.8, 4) is 0 Å². The van der Waals surface area contributed by atoms with Gasteiger partial charge in [0.1, 0.15) is 5.82 Å². The molecule has 126 valence electrons. The van der Waals surface area contributed by atoms with Crippen molar-refractivity contribution in [2.75, 3.05) is 18.0 Å². The van der Waals surface area contributed by atoms with Crippen LogP contribution in [0.25, 0.3) is 0 Å². The molecule has 0 spiro atoms. The van der Waals surface area contributed by atoms with Crippen LogP contribution in [0, 0.1) is 5.92 Å². The van der Waals surface area contributed by atoms with Gasteiger partial charge in [-0.3, -0.25) is 9.78 Å². The number of hydrogen-bond acceptors (Lipinski definition) is 5. The number of nitrogens with zero attached hydrogens (tertiary/aromatic N) is 3. The molecule has 1 aromatic heterocycles. The van der Waals surface area contributed by atoms with E-state index in [1.54, 1.807) is 12.4 Å². The first-order chi connectivity index (χ1) is 11.2. The quantitative estimate of drug-likeness (QED) is 0.863. The van der Waals surface area contributed by atoms with Gasteiger partial charge in [-0.2, -0.15) is 0 Å². The van der Waals surface area contributed by atoms with E-state index in [2.05, 4.69) is 20.2 Å². The van der Waals surface area contributed by atoms with E-state index in [4.69, 9.17) is 5.11 Å². The minimum Gasteiger partial charge on any atom is -0.390 e. The fourth-order valence-corrected chi connectivity index (χ4v) is 3.58. The summed E-state index contributed by atoms with van der Waals surface area (Å²) in [5, 5.41) is 12.2. The third-order valence-corrected chi connectivity index (χ3v) is 4.99. The minimum absolute atomic E-state index is 0.0779. The fourth-order valence-electron chi connectivity index (χ4n) is 3.58. The van der Waals surface area contributed by atoms with Crippen molar-refractivity contribution in [3.63, 3.8) is 0 Å². The summed E-state index contributed by atoms with van der Waals surface area (Å²) < 4.78 is 0. The molecule has 0 unspecified atom stereocenters.